The first-order valence-corrected chi connectivity index (χ1v) is 12.4. The standard InChI is InChI=1S/C30H32O7/c1-13(2)7-9-15-19(31)12-20-22(24(15)32)26(34)17-11-18-21-23(28(17)36-20)25(33)16(10-8-14(3)4)27(35)29(21)37-30(18,5)6/h7-8,12,18,31-33,35H,9-11H2,1-6H3. The molecule has 7 nitrogen and oxygen atoms in total. The molecule has 1 aliphatic heterocycles. The molecule has 0 saturated carbocycles. The normalized spacial score (nSPS) is 16.6. The Hall–Kier alpha value is -3.87. The van der Waals surface area contributed by atoms with E-state index >= 15 is 0 Å². The molecule has 37 heavy (non-hydrogen) atoms. The Morgan fingerprint density at radius 3 is 2.22 bits per heavy atom. The summed E-state index contributed by atoms with van der Waals surface area (Å²) in [5, 5.41) is 44.2. The van der Waals surface area contributed by atoms with Crippen molar-refractivity contribution >= 4 is 11.0 Å². The fourth-order valence-electron chi connectivity index (χ4n) is 5.46. The van der Waals surface area contributed by atoms with E-state index in [9.17, 15) is 25.2 Å². The molecule has 1 aromatic heterocycles. The summed E-state index contributed by atoms with van der Waals surface area (Å²) in [4.78, 5) is 13.9. The molecule has 4 N–H and O–H groups in total. The van der Waals surface area contributed by atoms with Crippen molar-refractivity contribution in [2.45, 2.75) is 72.3 Å². The summed E-state index contributed by atoms with van der Waals surface area (Å²) in [5.41, 5.74) is 2.63. The third-order valence-corrected chi connectivity index (χ3v) is 7.49. The first-order chi connectivity index (χ1) is 17.3. The molecule has 0 fully saturated rings. The average molecular weight is 505 g/mol. The number of benzene rings is 2. The van der Waals surface area contributed by atoms with Crippen LogP contribution in [0.3, 0.4) is 0 Å². The van der Waals surface area contributed by atoms with Gasteiger partial charge in [0.2, 0.25) is 0 Å². The van der Waals surface area contributed by atoms with Crippen molar-refractivity contribution in [3.05, 3.63) is 61.8 Å². The highest BCUT2D eigenvalue weighted by atomic mass is 16.5. The molecule has 3 aromatic rings. The molecule has 0 radical (unpaired) electrons. The third kappa shape index (κ3) is 3.67. The van der Waals surface area contributed by atoms with Crippen molar-refractivity contribution in [1.82, 2.24) is 0 Å². The van der Waals surface area contributed by atoms with Gasteiger partial charge in [0.1, 0.15) is 39.6 Å². The second-order valence-electron chi connectivity index (χ2n) is 11.1. The summed E-state index contributed by atoms with van der Waals surface area (Å²) in [6.45, 7) is 11.4. The van der Waals surface area contributed by atoms with Crippen LogP contribution in [0.25, 0.3) is 22.3 Å². The zero-order valence-electron chi connectivity index (χ0n) is 21.9. The van der Waals surface area contributed by atoms with Gasteiger partial charge in [0.25, 0.3) is 0 Å². The van der Waals surface area contributed by atoms with Crippen molar-refractivity contribution in [2.24, 2.45) is 0 Å². The van der Waals surface area contributed by atoms with Crippen LogP contribution < -0.4 is 10.2 Å². The Balaban J connectivity index is 1.84. The maximum Gasteiger partial charge on any atom is 0.200 e. The summed E-state index contributed by atoms with van der Waals surface area (Å²) in [6.07, 6.45) is 4.51. The van der Waals surface area contributed by atoms with E-state index in [1.165, 1.54) is 6.07 Å². The van der Waals surface area contributed by atoms with Gasteiger partial charge in [0, 0.05) is 34.2 Å². The molecular weight excluding hydrogens is 472 g/mol. The molecule has 5 rings (SSSR count). The minimum Gasteiger partial charge on any atom is -0.507 e. The van der Waals surface area contributed by atoms with E-state index in [2.05, 4.69) is 0 Å². The number of phenolic OH excluding ortho intramolecular Hbond substituents is 4. The van der Waals surface area contributed by atoms with E-state index in [0.29, 0.717) is 16.7 Å². The molecule has 0 bridgehead atoms. The molecule has 194 valence electrons. The summed E-state index contributed by atoms with van der Waals surface area (Å²) in [6, 6.07) is 1.33. The lowest BCUT2D eigenvalue weighted by molar-refractivity contribution is 0.106. The van der Waals surface area contributed by atoms with Crippen LogP contribution in [0.2, 0.25) is 0 Å². The van der Waals surface area contributed by atoms with Crippen molar-refractivity contribution < 1.29 is 29.6 Å². The Bertz CT molecular complexity index is 1590. The molecule has 1 unspecified atom stereocenters. The predicted octanol–water partition coefficient (Wildman–Crippen LogP) is 6.11. The van der Waals surface area contributed by atoms with Crippen molar-refractivity contribution in [2.75, 3.05) is 0 Å². The zero-order chi connectivity index (χ0) is 27.0. The quantitative estimate of drug-likeness (QED) is 0.316. The van der Waals surface area contributed by atoms with E-state index in [-0.39, 0.29) is 81.8 Å². The van der Waals surface area contributed by atoms with Crippen LogP contribution in [-0.4, -0.2) is 26.0 Å². The maximum atomic E-state index is 13.9. The number of rotatable bonds is 4. The highest BCUT2D eigenvalue weighted by molar-refractivity contribution is 5.92. The van der Waals surface area contributed by atoms with Crippen molar-refractivity contribution in [3.8, 4) is 40.1 Å². The van der Waals surface area contributed by atoms with Crippen LogP contribution in [0.15, 0.2) is 38.6 Å². The van der Waals surface area contributed by atoms with Gasteiger partial charge in [-0.25, -0.2) is 0 Å². The SMILES string of the molecule is CC(C)=CCc1c(O)c2c3c(c1O)-c1oc4cc(O)c(CC=C(C)C)c(O)c4c(=O)c1CC3C(C)(C)O2. The number of hydrogen-bond acceptors (Lipinski definition) is 7. The molecule has 2 heterocycles. The van der Waals surface area contributed by atoms with Crippen molar-refractivity contribution in [3.63, 3.8) is 0 Å². The number of phenols is 4. The second kappa shape index (κ2) is 8.33. The Morgan fingerprint density at radius 1 is 0.973 bits per heavy atom. The lowest BCUT2D eigenvalue weighted by Gasteiger charge is -2.30. The summed E-state index contributed by atoms with van der Waals surface area (Å²) >= 11 is 0. The van der Waals surface area contributed by atoms with Crippen molar-refractivity contribution in [1.29, 1.82) is 0 Å². The number of hydrogen-bond donors (Lipinski definition) is 4. The predicted molar refractivity (Wildman–Crippen MR) is 142 cm³/mol. The largest absolute Gasteiger partial charge is 0.507 e. The second-order valence-corrected chi connectivity index (χ2v) is 11.1. The Labute approximate surface area is 215 Å². The highest BCUT2D eigenvalue weighted by Crippen LogP contribution is 2.61. The van der Waals surface area contributed by atoms with Crippen LogP contribution in [0, 0.1) is 0 Å². The molecule has 2 aliphatic rings. The van der Waals surface area contributed by atoms with Gasteiger partial charge in [-0.3, -0.25) is 4.79 Å². The number of aromatic hydroxyl groups is 4. The van der Waals surface area contributed by atoms with Crippen LogP contribution in [0.4, 0.5) is 0 Å². The molecule has 0 spiro atoms. The lowest BCUT2D eigenvalue weighted by atomic mass is 9.74. The topological polar surface area (TPSA) is 120 Å². The van der Waals surface area contributed by atoms with Gasteiger partial charge in [-0.15, -0.1) is 0 Å². The number of allylic oxidation sites excluding steroid dienone is 4. The summed E-state index contributed by atoms with van der Waals surface area (Å²) in [5.74, 6) is -0.657. The number of fused-ring (bicyclic) bond motifs is 3. The molecular formula is C30H32O7. The summed E-state index contributed by atoms with van der Waals surface area (Å²) < 4.78 is 12.4. The van der Waals surface area contributed by atoms with E-state index < -0.39 is 11.0 Å². The van der Waals surface area contributed by atoms with Crippen LogP contribution >= 0.6 is 0 Å². The van der Waals surface area contributed by atoms with Gasteiger partial charge in [0.15, 0.2) is 16.9 Å². The van der Waals surface area contributed by atoms with E-state index in [0.717, 1.165) is 11.1 Å². The minimum atomic E-state index is -0.763. The fraction of sp³-hybridized carbons (Fsp3) is 0.367. The smallest absolute Gasteiger partial charge is 0.200 e. The number of ether oxygens (including phenoxy) is 1. The third-order valence-electron chi connectivity index (χ3n) is 7.49. The molecule has 0 amide bonds. The van der Waals surface area contributed by atoms with Gasteiger partial charge in [-0.1, -0.05) is 23.3 Å². The van der Waals surface area contributed by atoms with E-state index in [1.807, 2.05) is 53.7 Å². The first-order valence-electron chi connectivity index (χ1n) is 12.4. The Morgan fingerprint density at radius 2 is 1.59 bits per heavy atom. The van der Waals surface area contributed by atoms with Gasteiger partial charge in [-0.05, 0) is 60.8 Å². The van der Waals surface area contributed by atoms with E-state index in [4.69, 9.17) is 9.15 Å². The minimum absolute atomic E-state index is 0.00265. The lowest BCUT2D eigenvalue weighted by Crippen LogP contribution is -2.34. The van der Waals surface area contributed by atoms with Gasteiger partial charge < -0.3 is 29.6 Å². The Kier molecular flexibility index (Phi) is 5.59. The molecule has 1 aliphatic carbocycles. The fourth-order valence-corrected chi connectivity index (χ4v) is 5.46. The van der Waals surface area contributed by atoms with Gasteiger partial charge in [-0.2, -0.15) is 0 Å². The molecule has 0 saturated heterocycles. The summed E-state index contributed by atoms with van der Waals surface area (Å²) in [7, 11) is 0. The van der Waals surface area contributed by atoms with Crippen LogP contribution in [0.1, 0.15) is 69.7 Å². The van der Waals surface area contributed by atoms with Crippen LogP contribution in [0.5, 0.6) is 28.7 Å². The van der Waals surface area contributed by atoms with Gasteiger partial charge in [0.05, 0.1) is 5.56 Å². The monoisotopic (exact) mass is 504 g/mol. The zero-order valence-corrected chi connectivity index (χ0v) is 21.9. The van der Waals surface area contributed by atoms with E-state index in [1.54, 1.807) is 0 Å². The van der Waals surface area contributed by atoms with Gasteiger partial charge >= 0.3 is 0 Å². The molecule has 1 atom stereocenters. The average Bonchev–Trinajstić information content (AvgIpc) is 3.07. The molecule has 7 heteroatoms. The first kappa shape index (κ1) is 24.8. The molecule has 2 aromatic carbocycles. The maximum absolute atomic E-state index is 13.9. The highest BCUT2D eigenvalue weighted by Gasteiger charge is 2.50. The van der Waals surface area contributed by atoms with Crippen LogP contribution in [-0.2, 0) is 19.3 Å².